The maximum Gasteiger partial charge on any atom is 0.260 e. The fourth-order valence-electron chi connectivity index (χ4n) is 2.19. The quantitative estimate of drug-likeness (QED) is 0.808. The van der Waals surface area contributed by atoms with E-state index in [9.17, 15) is 13.2 Å². The van der Waals surface area contributed by atoms with E-state index in [0.717, 1.165) is 0 Å². The molecule has 1 heterocycles. The first kappa shape index (κ1) is 19.0. The lowest BCUT2D eigenvalue weighted by Crippen LogP contribution is -2.43. The Morgan fingerprint density at radius 1 is 1.38 bits per heavy atom. The second kappa shape index (κ2) is 8.15. The molecule has 1 aromatic rings. The van der Waals surface area contributed by atoms with Crippen molar-refractivity contribution in [3.63, 3.8) is 0 Å². The van der Waals surface area contributed by atoms with E-state index in [0.29, 0.717) is 26.3 Å². The highest BCUT2D eigenvalue weighted by Crippen LogP contribution is 2.27. The molecule has 0 saturated carbocycles. The number of carbonyl (C=O) groups is 1. The van der Waals surface area contributed by atoms with Gasteiger partial charge in [0.1, 0.15) is 5.75 Å². The van der Waals surface area contributed by atoms with Crippen molar-refractivity contribution in [2.45, 2.75) is 24.8 Å². The topological polar surface area (TPSA) is 84.9 Å². The van der Waals surface area contributed by atoms with Gasteiger partial charge in [-0.1, -0.05) is 11.6 Å². The van der Waals surface area contributed by atoms with Crippen molar-refractivity contribution in [2.75, 3.05) is 32.9 Å². The molecule has 0 atom stereocenters. The van der Waals surface area contributed by atoms with Gasteiger partial charge in [-0.05, 0) is 32.0 Å². The van der Waals surface area contributed by atoms with Gasteiger partial charge in [0.05, 0.1) is 23.1 Å². The van der Waals surface area contributed by atoms with E-state index in [2.05, 4.69) is 4.72 Å². The molecule has 0 radical (unpaired) electrons. The van der Waals surface area contributed by atoms with Crippen molar-refractivity contribution in [1.82, 2.24) is 9.62 Å². The Balaban J connectivity index is 2.01. The Kier molecular flexibility index (Phi) is 6.45. The molecule has 9 heteroatoms. The lowest BCUT2D eigenvalue weighted by atomic mass is 10.3. The fraction of sp³-hybridized carbons (Fsp3) is 0.533. The number of nitrogens with one attached hydrogen (secondary N) is 1. The number of carbonyl (C=O) groups excluding carboxylic acids is 1. The van der Waals surface area contributed by atoms with Gasteiger partial charge in [-0.15, -0.1) is 0 Å². The third-order valence-corrected chi connectivity index (χ3v) is 5.27. The summed E-state index contributed by atoms with van der Waals surface area (Å²) in [6.45, 7) is 5.41. The van der Waals surface area contributed by atoms with Gasteiger partial charge in [-0.2, -0.15) is 0 Å². The van der Waals surface area contributed by atoms with Crippen LogP contribution in [-0.2, 0) is 19.6 Å². The maximum absolute atomic E-state index is 12.1. The van der Waals surface area contributed by atoms with Gasteiger partial charge in [-0.25, -0.2) is 13.1 Å². The largest absolute Gasteiger partial charge is 0.482 e. The Labute approximate surface area is 146 Å². The van der Waals surface area contributed by atoms with Crippen LogP contribution in [0.2, 0.25) is 5.02 Å². The molecular formula is C15H21ClN2O5S. The van der Waals surface area contributed by atoms with E-state index >= 15 is 0 Å². The summed E-state index contributed by atoms with van der Waals surface area (Å²) in [5, 5.41) is 0.136. The number of hydrogen-bond donors (Lipinski definition) is 1. The smallest absolute Gasteiger partial charge is 0.260 e. The molecule has 0 aliphatic carbocycles. The molecule has 24 heavy (non-hydrogen) atoms. The zero-order valence-corrected chi connectivity index (χ0v) is 15.2. The first-order chi connectivity index (χ1) is 11.3. The molecule has 0 bridgehead atoms. The van der Waals surface area contributed by atoms with Crippen LogP contribution in [0.1, 0.15) is 13.8 Å². The summed E-state index contributed by atoms with van der Waals surface area (Å²) in [6.07, 6.45) is 0. The molecule has 1 aliphatic heterocycles. The number of halogens is 1. The summed E-state index contributed by atoms with van der Waals surface area (Å²) in [5.74, 6) is 0.106. The highest BCUT2D eigenvalue weighted by atomic mass is 35.5. The molecule has 1 fully saturated rings. The van der Waals surface area contributed by atoms with Crippen molar-refractivity contribution in [3.8, 4) is 5.75 Å². The molecule has 1 amide bonds. The number of hydrogen-bond acceptors (Lipinski definition) is 5. The van der Waals surface area contributed by atoms with Crippen LogP contribution in [0.25, 0.3) is 0 Å². The molecule has 0 aromatic heterocycles. The molecule has 7 nitrogen and oxygen atoms in total. The van der Waals surface area contributed by atoms with Crippen molar-refractivity contribution in [3.05, 3.63) is 23.2 Å². The van der Waals surface area contributed by atoms with Crippen LogP contribution in [0.15, 0.2) is 23.1 Å². The standard InChI is InChI=1S/C15H21ClN2O5S/c1-11(2)17-24(20,21)12-3-4-14(13(16)9-12)23-10-15(19)18-5-7-22-8-6-18/h3-4,9,11,17H,5-8,10H2,1-2H3. The van der Waals surface area contributed by atoms with Crippen LogP contribution >= 0.6 is 11.6 Å². The molecule has 1 aliphatic rings. The highest BCUT2D eigenvalue weighted by Gasteiger charge is 2.19. The van der Waals surface area contributed by atoms with Gasteiger partial charge in [0.2, 0.25) is 10.0 Å². The maximum atomic E-state index is 12.1. The van der Waals surface area contributed by atoms with Gasteiger partial charge in [-0.3, -0.25) is 4.79 Å². The van der Waals surface area contributed by atoms with E-state index in [1.54, 1.807) is 18.7 Å². The lowest BCUT2D eigenvalue weighted by Gasteiger charge is -2.26. The van der Waals surface area contributed by atoms with E-state index < -0.39 is 10.0 Å². The highest BCUT2D eigenvalue weighted by molar-refractivity contribution is 7.89. The average Bonchev–Trinajstić information content (AvgIpc) is 2.53. The van der Waals surface area contributed by atoms with Crippen LogP contribution in [0, 0.1) is 0 Å². The second-order valence-corrected chi connectivity index (χ2v) is 7.77. The number of amides is 1. The first-order valence-corrected chi connectivity index (χ1v) is 9.46. The minimum Gasteiger partial charge on any atom is -0.482 e. The van der Waals surface area contributed by atoms with Crippen molar-refractivity contribution in [2.24, 2.45) is 0 Å². The Morgan fingerprint density at radius 3 is 2.62 bits per heavy atom. The summed E-state index contributed by atoms with van der Waals surface area (Å²) in [7, 11) is -3.63. The molecule has 0 unspecified atom stereocenters. The van der Waals surface area contributed by atoms with Crippen LogP contribution in [-0.4, -0.2) is 58.2 Å². The SMILES string of the molecule is CC(C)NS(=O)(=O)c1ccc(OCC(=O)N2CCOCC2)c(Cl)c1. The molecule has 134 valence electrons. The monoisotopic (exact) mass is 376 g/mol. The number of ether oxygens (including phenoxy) is 2. The summed E-state index contributed by atoms with van der Waals surface area (Å²) < 4.78 is 37.3. The average molecular weight is 377 g/mol. The third-order valence-electron chi connectivity index (χ3n) is 3.32. The summed E-state index contributed by atoms with van der Waals surface area (Å²) in [5.41, 5.74) is 0. The number of sulfonamides is 1. The molecular weight excluding hydrogens is 356 g/mol. The molecule has 1 aromatic carbocycles. The fourth-order valence-corrected chi connectivity index (χ4v) is 3.76. The number of rotatable bonds is 6. The summed E-state index contributed by atoms with van der Waals surface area (Å²) in [6, 6.07) is 3.92. The number of nitrogens with zero attached hydrogens (tertiary/aromatic N) is 1. The normalized spacial score (nSPS) is 15.6. The molecule has 0 spiro atoms. The number of benzene rings is 1. The van der Waals surface area contributed by atoms with Crippen molar-refractivity contribution < 1.29 is 22.7 Å². The zero-order chi connectivity index (χ0) is 17.7. The van der Waals surface area contributed by atoms with E-state index in [1.165, 1.54) is 18.2 Å². The first-order valence-electron chi connectivity index (χ1n) is 7.60. The van der Waals surface area contributed by atoms with Crippen LogP contribution in [0.3, 0.4) is 0 Å². The Morgan fingerprint density at radius 2 is 2.04 bits per heavy atom. The summed E-state index contributed by atoms with van der Waals surface area (Å²) in [4.78, 5) is 13.7. The Hall–Kier alpha value is -1.35. The van der Waals surface area contributed by atoms with Gasteiger partial charge >= 0.3 is 0 Å². The minimum absolute atomic E-state index is 0.0491. The predicted molar refractivity (Wildman–Crippen MR) is 89.8 cm³/mol. The zero-order valence-electron chi connectivity index (χ0n) is 13.6. The van der Waals surface area contributed by atoms with Gasteiger partial charge < -0.3 is 14.4 Å². The lowest BCUT2D eigenvalue weighted by molar-refractivity contribution is -0.137. The van der Waals surface area contributed by atoms with Gasteiger partial charge in [0.25, 0.3) is 5.91 Å². The third kappa shape index (κ3) is 5.07. The van der Waals surface area contributed by atoms with Crippen LogP contribution in [0.4, 0.5) is 0 Å². The minimum atomic E-state index is -3.63. The molecule has 1 N–H and O–H groups in total. The van der Waals surface area contributed by atoms with Gasteiger partial charge in [0, 0.05) is 19.1 Å². The van der Waals surface area contributed by atoms with Crippen LogP contribution in [0.5, 0.6) is 5.75 Å². The van der Waals surface area contributed by atoms with Crippen molar-refractivity contribution >= 4 is 27.5 Å². The van der Waals surface area contributed by atoms with Crippen LogP contribution < -0.4 is 9.46 Å². The predicted octanol–water partition coefficient (Wildman–Crippen LogP) is 1.26. The van der Waals surface area contributed by atoms with E-state index in [4.69, 9.17) is 21.1 Å². The summed E-state index contributed by atoms with van der Waals surface area (Å²) >= 11 is 6.08. The Bertz CT molecular complexity index is 687. The molecule has 2 rings (SSSR count). The van der Waals surface area contributed by atoms with Crippen molar-refractivity contribution in [1.29, 1.82) is 0 Å². The second-order valence-electron chi connectivity index (χ2n) is 5.65. The number of morpholine rings is 1. The van der Waals surface area contributed by atoms with E-state index in [-0.39, 0.29) is 34.2 Å². The molecule has 1 saturated heterocycles. The van der Waals surface area contributed by atoms with Gasteiger partial charge in [0.15, 0.2) is 6.61 Å². The van der Waals surface area contributed by atoms with E-state index in [1.807, 2.05) is 0 Å².